The van der Waals surface area contributed by atoms with E-state index >= 15 is 0 Å². The summed E-state index contributed by atoms with van der Waals surface area (Å²) in [6, 6.07) is 0. The summed E-state index contributed by atoms with van der Waals surface area (Å²) < 4.78 is 0. The van der Waals surface area contributed by atoms with Crippen LogP contribution in [-0.4, -0.2) is 11.7 Å². The van der Waals surface area contributed by atoms with Crippen LogP contribution in [0.25, 0.3) is 0 Å². The average Bonchev–Trinajstić information content (AvgIpc) is 2.11. The van der Waals surface area contributed by atoms with Gasteiger partial charge in [0.2, 0.25) is 0 Å². The van der Waals surface area contributed by atoms with Crippen molar-refractivity contribution >= 4 is 0 Å². The van der Waals surface area contributed by atoms with E-state index in [1.165, 1.54) is 44.9 Å². The molecule has 0 radical (unpaired) electrons. The lowest BCUT2D eigenvalue weighted by molar-refractivity contribution is 0.256. The average molecular weight is 186 g/mol. The van der Waals surface area contributed by atoms with Gasteiger partial charge in [-0.3, -0.25) is 0 Å². The van der Waals surface area contributed by atoms with Crippen LogP contribution in [0.15, 0.2) is 0 Å². The third-order valence-electron chi connectivity index (χ3n) is 2.67. The van der Waals surface area contributed by atoms with Gasteiger partial charge in [-0.25, -0.2) is 0 Å². The second-order valence-electron chi connectivity index (χ2n) is 4.17. The number of aliphatic hydroxyl groups is 1. The van der Waals surface area contributed by atoms with E-state index in [-0.39, 0.29) is 0 Å². The summed E-state index contributed by atoms with van der Waals surface area (Å²) in [6.07, 6.45) is 10.6. The molecule has 0 spiro atoms. The number of rotatable bonds is 9. The Morgan fingerprint density at radius 2 is 1.54 bits per heavy atom. The quantitative estimate of drug-likeness (QED) is 0.544. The molecule has 0 bridgehead atoms. The molecule has 1 N–H and O–H groups in total. The van der Waals surface area contributed by atoms with Gasteiger partial charge in [0.15, 0.2) is 0 Å². The molecule has 80 valence electrons. The summed E-state index contributed by atoms with van der Waals surface area (Å²) in [4.78, 5) is 0. The molecule has 1 unspecified atom stereocenters. The first-order chi connectivity index (χ1) is 6.31. The zero-order valence-electron chi connectivity index (χ0n) is 9.39. The van der Waals surface area contributed by atoms with E-state index in [4.69, 9.17) is 5.11 Å². The summed E-state index contributed by atoms with van der Waals surface area (Å²) in [5.41, 5.74) is 0. The number of hydrogen-bond acceptors (Lipinski definition) is 1. The van der Waals surface area contributed by atoms with Gasteiger partial charge in [-0.05, 0) is 12.3 Å². The fraction of sp³-hybridized carbons (Fsp3) is 1.00. The zero-order valence-corrected chi connectivity index (χ0v) is 9.39. The first-order valence-electron chi connectivity index (χ1n) is 5.92. The van der Waals surface area contributed by atoms with Gasteiger partial charge >= 0.3 is 0 Å². The number of aliphatic hydroxyl groups excluding tert-OH is 1. The van der Waals surface area contributed by atoms with Crippen molar-refractivity contribution in [3.63, 3.8) is 0 Å². The van der Waals surface area contributed by atoms with Crippen LogP contribution in [0.1, 0.15) is 65.2 Å². The predicted octanol–water partition coefficient (Wildman–Crippen LogP) is 3.76. The fourth-order valence-corrected chi connectivity index (χ4v) is 1.64. The summed E-state index contributed by atoms with van der Waals surface area (Å²) in [5.74, 6) is 0.719. The summed E-state index contributed by atoms with van der Waals surface area (Å²) in [5, 5.41) is 8.71. The van der Waals surface area contributed by atoms with Gasteiger partial charge in [0.1, 0.15) is 0 Å². The molecule has 13 heavy (non-hydrogen) atoms. The van der Waals surface area contributed by atoms with Crippen molar-refractivity contribution in [2.45, 2.75) is 65.2 Å². The molecule has 0 aromatic heterocycles. The van der Waals surface area contributed by atoms with Gasteiger partial charge in [-0.2, -0.15) is 0 Å². The van der Waals surface area contributed by atoms with E-state index in [0.717, 1.165) is 12.3 Å². The Morgan fingerprint density at radius 1 is 0.923 bits per heavy atom. The van der Waals surface area contributed by atoms with Gasteiger partial charge in [0.25, 0.3) is 0 Å². The maximum absolute atomic E-state index is 8.71. The molecule has 1 atom stereocenters. The second kappa shape index (κ2) is 10.0. The van der Waals surface area contributed by atoms with Crippen LogP contribution < -0.4 is 0 Å². The number of hydrogen-bond donors (Lipinski definition) is 1. The van der Waals surface area contributed by atoms with Crippen LogP contribution in [0.3, 0.4) is 0 Å². The van der Waals surface area contributed by atoms with E-state index in [1.807, 2.05) is 0 Å². The summed E-state index contributed by atoms with van der Waals surface area (Å²) in [6.45, 7) is 4.85. The lowest BCUT2D eigenvalue weighted by Gasteiger charge is -2.08. The van der Waals surface area contributed by atoms with Crippen molar-refractivity contribution in [2.24, 2.45) is 5.92 Å². The van der Waals surface area contributed by atoms with E-state index < -0.39 is 0 Å². The predicted molar refractivity (Wildman–Crippen MR) is 58.9 cm³/mol. The highest BCUT2D eigenvalue weighted by molar-refractivity contribution is 4.53. The Balaban J connectivity index is 2.97. The fourth-order valence-electron chi connectivity index (χ4n) is 1.64. The van der Waals surface area contributed by atoms with Gasteiger partial charge in [-0.1, -0.05) is 58.8 Å². The number of unbranched alkanes of at least 4 members (excludes halogenated alkanes) is 5. The highest BCUT2D eigenvalue weighted by Crippen LogP contribution is 2.13. The molecule has 0 aliphatic carbocycles. The monoisotopic (exact) mass is 186 g/mol. The summed E-state index contributed by atoms with van der Waals surface area (Å²) >= 11 is 0. The first kappa shape index (κ1) is 13.0. The Labute approximate surface area is 83.5 Å². The third kappa shape index (κ3) is 9.88. The van der Waals surface area contributed by atoms with Crippen molar-refractivity contribution in [3.8, 4) is 0 Å². The van der Waals surface area contributed by atoms with E-state index in [0.29, 0.717) is 6.61 Å². The maximum atomic E-state index is 8.71. The zero-order chi connectivity index (χ0) is 9.94. The molecule has 0 rings (SSSR count). The first-order valence-corrected chi connectivity index (χ1v) is 5.92. The second-order valence-corrected chi connectivity index (χ2v) is 4.17. The molecule has 0 fully saturated rings. The van der Waals surface area contributed by atoms with Crippen LogP contribution >= 0.6 is 0 Å². The molecule has 0 aromatic rings. The van der Waals surface area contributed by atoms with E-state index in [9.17, 15) is 0 Å². The standard InChI is InChI=1S/C12H26O/c1-3-4-5-6-7-8-9-12(2)10-11-13/h12-13H,3-11H2,1-2H3. The van der Waals surface area contributed by atoms with Gasteiger partial charge in [0, 0.05) is 6.61 Å². The Hall–Kier alpha value is -0.0400. The highest BCUT2D eigenvalue weighted by atomic mass is 16.2. The smallest absolute Gasteiger partial charge is 0.0433 e. The SMILES string of the molecule is CCCCCCCCC(C)CCO. The van der Waals surface area contributed by atoms with Gasteiger partial charge in [0.05, 0.1) is 0 Å². The van der Waals surface area contributed by atoms with Gasteiger partial charge < -0.3 is 5.11 Å². The normalized spacial score (nSPS) is 13.2. The van der Waals surface area contributed by atoms with E-state index in [2.05, 4.69) is 13.8 Å². The molecule has 0 saturated heterocycles. The van der Waals surface area contributed by atoms with Crippen molar-refractivity contribution in [3.05, 3.63) is 0 Å². The molecule has 0 amide bonds. The summed E-state index contributed by atoms with van der Waals surface area (Å²) in [7, 11) is 0. The van der Waals surface area contributed by atoms with Crippen molar-refractivity contribution in [1.82, 2.24) is 0 Å². The van der Waals surface area contributed by atoms with Crippen molar-refractivity contribution in [2.75, 3.05) is 6.61 Å². The molecular weight excluding hydrogens is 160 g/mol. The molecule has 1 heteroatoms. The lowest BCUT2D eigenvalue weighted by atomic mass is 9.99. The molecule has 0 heterocycles. The van der Waals surface area contributed by atoms with Crippen LogP contribution in [-0.2, 0) is 0 Å². The third-order valence-corrected chi connectivity index (χ3v) is 2.67. The van der Waals surface area contributed by atoms with Crippen LogP contribution in [0, 0.1) is 5.92 Å². The van der Waals surface area contributed by atoms with Crippen LogP contribution in [0.5, 0.6) is 0 Å². The molecule has 0 saturated carbocycles. The lowest BCUT2D eigenvalue weighted by Crippen LogP contribution is -1.97. The topological polar surface area (TPSA) is 20.2 Å². The minimum Gasteiger partial charge on any atom is -0.396 e. The Kier molecular flexibility index (Phi) is 10.0. The Morgan fingerprint density at radius 3 is 2.15 bits per heavy atom. The highest BCUT2D eigenvalue weighted by Gasteiger charge is 1.99. The van der Waals surface area contributed by atoms with E-state index in [1.54, 1.807) is 0 Å². The Bertz CT molecular complexity index is 91.1. The van der Waals surface area contributed by atoms with Crippen molar-refractivity contribution in [1.29, 1.82) is 0 Å². The minimum absolute atomic E-state index is 0.358. The largest absolute Gasteiger partial charge is 0.396 e. The minimum atomic E-state index is 0.358. The van der Waals surface area contributed by atoms with Crippen LogP contribution in [0.2, 0.25) is 0 Å². The van der Waals surface area contributed by atoms with Gasteiger partial charge in [-0.15, -0.1) is 0 Å². The van der Waals surface area contributed by atoms with Crippen LogP contribution in [0.4, 0.5) is 0 Å². The molecule has 0 aliphatic rings. The molecule has 0 aromatic carbocycles. The molecule has 1 nitrogen and oxygen atoms in total. The maximum Gasteiger partial charge on any atom is 0.0433 e. The molecule has 0 aliphatic heterocycles. The van der Waals surface area contributed by atoms with Crippen molar-refractivity contribution < 1.29 is 5.11 Å². The molecular formula is C12H26O.